The number of nitrogens with two attached hydrogens (primary N) is 4. The number of hydrogen-bond donors (Lipinski definition) is 12. The van der Waals surface area contributed by atoms with Crippen LogP contribution < -0.4 is 38.9 Å². The summed E-state index contributed by atoms with van der Waals surface area (Å²) in [7, 11) is 1.58. The number of nitrogens with zero attached hydrogens (tertiary/aromatic N) is 1. The number of aliphatic hydroxyl groups is 4. The predicted molar refractivity (Wildman–Crippen MR) is 154 cm³/mol. The van der Waals surface area contributed by atoms with E-state index in [0.717, 1.165) is 0 Å². The van der Waals surface area contributed by atoms with Crippen molar-refractivity contribution in [2.75, 3.05) is 46.4 Å². The first-order chi connectivity index (χ1) is 20.4. The molecule has 1 aliphatic carbocycles. The lowest BCUT2D eigenvalue weighted by atomic mass is 9.72. The SMILES string of the molecule is CNC1C(O)C(OC2C(NC(=O)N(O)CCN)CC(N)C(C3OC(CN)=CCC3NCC(O)CCN)C2O)OCC1(C)O. The lowest BCUT2D eigenvalue weighted by Gasteiger charge is -2.51. The Hall–Kier alpha value is -1.71. The third-order valence-electron chi connectivity index (χ3n) is 8.44. The second-order valence-electron chi connectivity index (χ2n) is 11.8. The molecule has 250 valence electrons. The molecule has 0 radical (unpaired) electrons. The van der Waals surface area contributed by atoms with Crippen molar-refractivity contribution in [2.24, 2.45) is 28.9 Å². The van der Waals surface area contributed by atoms with Crippen LogP contribution in [0, 0.1) is 5.92 Å². The molecule has 0 aromatic rings. The molecule has 2 heterocycles. The van der Waals surface area contributed by atoms with Crippen LogP contribution in [-0.2, 0) is 14.2 Å². The molecule has 12 unspecified atom stereocenters. The number of amides is 2. The number of carbonyl (C=O) groups is 1. The predicted octanol–water partition coefficient (Wildman–Crippen LogP) is -4.84. The van der Waals surface area contributed by atoms with Gasteiger partial charge in [-0.15, -0.1) is 0 Å². The van der Waals surface area contributed by atoms with E-state index >= 15 is 0 Å². The summed E-state index contributed by atoms with van der Waals surface area (Å²) in [6.07, 6.45) is -3.81. The van der Waals surface area contributed by atoms with Crippen LogP contribution in [0.3, 0.4) is 0 Å². The lowest BCUT2D eigenvalue weighted by Crippen LogP contribution is -2.70. The Morgan fingerprint density at radius 1 is 1.23 bits per heavy atom. The average molecular weight is 621 g/mol. The monoisotopic (exact) mass is 620 g/mol. The molecule has 16 N–H and O–H groups in total. The number of urea groups is 1. The Kier molecular flexibility index (Phi) is 13.3. The molecule has 0 bridgehead atoms. The number of ether oxygens (including phenoxy) is 3. The molecule has 12 atom stereocenters. The van der Waals surface area contributed by atoms with Crippen molar-refractivity contribution in [3.05, 3.63) is 11.8 Å². The first kappa shape index (κ1) is 35.8. The Morgan fingerprint density at radius 3 is 2.58 bits per heavy atom. The maximum absolute atomic E-state index is 12.7. The number of aliphatic hydroxyl groups excluding tert-OH is 3. The van der Waals surface area contributed by atoms with Gasteiger partial charge in [-0.05, 0) is 45.9 Å². The van der Waals surface area contributed by atoms with Gasteiger partial charge < -0.3 is 73.5 Å². The number of rotatable bonds is 13. The fourth-order valence-corrected chi connectivity index (χ4v) is 6.18. The van der Waals surface area contributed by atoms with E-state index in [0.29, 0.717) is 30.2 Å². The van der Waals surface area contributed by atoms with E-state index in [1.165, 1.54) is 6.92 Å². The van der Waals surface area contributed by atoms with Crippen LogP contribution in [0.5, 0.6) is 0 Å². The van der Waals surface area contributed by atoms with E-state index in [1.54, 1.807) is 7.05 Å². The zero-order valence-corrected chi connectivity index (χ0v) is 24.9. The van der Waals surface area contributed by atoms with Gasteiger partial charge >= 0.3 is 6.03 Å². The van der Waals surface area contributed by atoms with Crippen molar-refractivity contribution in [1.82, 2.24) is 21.0 Å². The average Bonchev–Trinajstić information content (AvgIpc) is 2.95. The minimum atomic E-state index is -1.41. The van der Waals surface area contributed by atoms with E-state index < -0.39 is 72.5 Å². The third kappa shape index (κ3) is 8.72. The summed E-state index contributed by atoms with van der Waals surface area (Å²) in [6.45, 7) is 1.86. The largest absolute Gasteiger partial charge is 0.492 e. The van der Waals surface area contributed by atoms with Crippen molar-refractivity contribution in [2.45, 2.75) is 92.8 Å². The molecule has 3 rings (SSSR count). The molecule has 43 heavy (non-hydrogen) atoms. The van der Waals surface area contributed by atoms with Gasteiger partial charge in [0.25, 0.3) is 0 Å². The van der Waals surface area contributed by atoms with Crippen LogP contribution in [-0.4, -0.2) is 150 Å². The number of likely N-dealkylation sites (N-methyl/N-ethyl adjacent to an activating group) is 1. The van der Waals surface area contributed by atoms with Crippen molar-refractivity contribution < 1.29 is 44.6 Å². The molecule has 3 aliphatic rings. The molecule has 1 saturated carbocycles. The normalized spacial score (nSPS) is 39.0. The number of hydrogen-bond acceptors (Lipinski definition) is 15. The third-order valence-corrected chi connectivity index (χ3v) is 8.44. The molecule has 0 aromatic carbocycles. The van der Waals surface area contributed by atoms with E-state index in [4.69, 9.17) is 37.1 Å². The van der Waals surface area contributed by atoms with Crippen molar-refractivity contribution in [3.8, 4) is 0 Å². The van der Waals surface area contributed by atoms with Gasteiger partial charge in [0.1, 0.15) is 29.7 Å². The maximum Gasteiger partial charge on any atom is 0.341 e. The number of nitrogens with one attached hydrogen (secondary N) is 3. The van der Waals surface area contributed by atoms with Gasteiger partial charge in [-0.1, -0.05) is 0 Å². The van der Waals surface area contributed by atoms with E-state index in [9.17, 15) is 30.4 Å². The van der Waals surface area contributed by atoms with Crippen LogP contribution in [0.4, 0.5) is 4.79 Å². The van der Waals surface area contributed by atoms with Crippen LogP contribution in [0.1, 0.15) is 26.2 Å². The summed E-state index contributed by atoms with van der Waals surface area (Å²) in [4.78, 5) is 12.7. The van der Waals surface area contributed by atoms with Gasteiger partial charge in [0.05, 0.1) is 44.0 Å². The van der Waals surface area contributed by atoms with Crippen LogP contribution in [0.25, 0.3) is 0 Å². The highest BCUT2D eigenvalue weighted by atomic mass is 16.7. The highest BCUT2D eigenvalue weighted by Gasteiger charge is 2.53. The zero-order chi connectivity index (χ0) is 31.9. The quantitative estimate of drug-likeness (QED) is 0.0679. The van der Waals surface area contributed by atoms with Gasteiger partial charge in [0.15, 0.2) is 6.29 Å². The molecule has 17 heteroatoms. The van der Waals surface area contributed by atoms with E-state index in [2.05, 4.69) is 16.0 Å². The summed E-state index contributed by atoms with van der Waals surface area (Å²) >= 11 is 0. The summed E-state index contributed by atoms with van der Waals surface area (Å²) in [5, 5.41) is 63.2. The summed E-state index contributed by atoms with van der Waals surface area (Å²) in [5.41, 5.74) is 22.1. The van der Waals surface area contributed by atoms with Gasteiger partial charge in [0, 0.05) is 31.1 Å². The van der Waals surface area contributed by atoms with Gasteiger partial charge in [-0.25, -0.2) is 9.86 Å². The Bertz CT molecular complexity index is 918. The second kappa shape index (κ2) is 16.0. The fourth-order valence-electron chi connectivity index (χ4n) is 6.18. The van der Waals surface area contributed by atoms with Gasteiger partial charge in [-0.2, -0.15) is 0 Å². The minimum absolute atomic E-state index is 0.0105. The molecular weight excluding hydrogens is 568 g/mol. The summed E-state index contributed by atoms with van der Waals surface area (Å²) < 4.78 is 18.1. The van der Waals surface area contributed by atoms with Gasteiger partial charge in [0.2, 0.25) is 0 Å². The Labute approximate surface area is 251 Å². The smallest absolute Gasteiger partial charge is 0.341 e. The highest BCUT2D eigenvalue weighted by Crippen LogP contribution is 2.37. The molecule has 2 fully saturated rings. The molecule has 2 amide bonds. The first-order valence-electron chi connectivity index (χ1n) is 14.8. The Morgan fingerprint density at radius 2 is 1.95 bits per heavy atom. The standard InChI is InChI=1S/C26H52N8O9/c1-26(39)12-41-24(20(37)23(26)31-2)43-22-17(33-25(38)34(40)8-7-28)9-15(30)18(19(22)36)21-16(4-3-14(10-29)42-21)32-11-13(35)5-6-27/h3,13,15-24,31-32,35-37,39-40H,4-12,27-30H2,1-2H3,(H,33,38). The molecule has 2 aliphatic heterocycles. The molecule has 17 nitrogen and oxygen atoms in total. The lowest BCUT2D eigenvalue weighted by molar-refractivity contribution is -0.297. The van der Waals surface area contributed by atoms with Gasteiger partial charge in [-0.3, -0.25) is 5.21 Å². The topological polar surface area (TPSA) is 289 Å². The maximum atomic E-state index is 12.7. The number of hydroxylamine groups is 2. The van der Waals surface area contributed by atoms with Crippen molar-refractivity contribution >= 4 is 6.03 Å². The van der Waals surface area contributed by atoms with Crippen LogP contribution in [0.15, 0.2) is 11.8 Å². The molecule has 1 saturated heterocycles. The van der Waals surface area contributed by atoms with Crippen LogP contribution >= 0.6 is 0 Å². The fraction of sp³-hybridized carbons (Fsp3) is 0.885. The Balaban J connectivity index is 1.90. The molecular formula is C26H52N8O9. The van der Waals surface area contributed by atoms with Crippen molar-refractivity contribution in [1.29, 1.82) is 0 Å². The molecule has 0 spiro atoms. The van der Waals surface area contributed by atoms with Crippen molar-refractivity contribution in [3.63, 3.8) is 0 Å². The van der Waals surface area contributed by atoms with E-state index in [1.807, 2.05) is 6.08 Å². The van der Waals surface area contributed by atoms with Crippen LogP contribution in [0.2, 0.25) is 0 Å². The molecule has 0 aromatic heterocycles. The highest BCUT2D eigenvalue weighted by molar-refractivity contribution is 5.73. The second-order valence-corrected chi connectivity index (χ2v) is 11.8. The summed E-state index contributed by atoms with van der Waals surface area (Å²) in [6, 6.07) is -3.75. The van der Waals surface area contributed by atoms with E-state index in [-0.39, 0.29) is 45.2 Å². The number of carbonyl (C=O) groups excluding carboxylic acids is 1. The first-order valence-corrected chi connectivity index (χ1v) is 14.8. The zero-order valence-electron chi connectivity index (χ0n) is 24.9. The minimum Gasteiger partial charge on any atom is -0.492 e. The summed E-state index contributed by atoms with van der Waals surface area (Å²) in [5.74, 6) is -0.253.